The van der Waals surface area contributed by atoms with E-state index in [0.717, 1.165) is 48.9 Å². The number of ether oxygens (including phenoxy) is 1. The van der Waals surface area contributed by atoms with Crippen LogP contribution in [0.15, 0.2) is 18.2 Å². The van der Waals surface area contributed by atoms with Gasteiger partial charge in [-0.1, -0.05) is 13.3 Å². The normalized spacial score (nSPS) is 35.2. The van der Waals surface area contributed by atoms with Crippen LogP contribution in [0.25, 0.3) is 10.9 Å². The van der Waals surface area contributed by atoms with Crippen LogP contribution in [0.4, 0.5) is 0 Å². The summed E-state index contributed by atoms with van der Waals surface area (Å²) in [5.74, 6) is 1.23. The number of phenols is 1. The lowest BCUT2D eigenvalue weighted by atomic mass is 9.56. The highest BCUT2D eigenvalue weighted by molar-refractivity contribution is 5.92. The van der Waals surface area contributed by atoms with Gasteiger partial charge in [0.15, 0.2) is 0 Å². The molecule has 0 unspecified atom stereocenters. The van der Waals surface area contributed by atoms with Crippen molar-refractivity contribution in [1.82, 2.24) is 9.88 Å². The molecule has 1 saturated carbocycles. The van der Waals surface area contributed by atoms with Crippen LogP contribution in [-0.4, -0.2) is 47.2 Å². The van der Waals surface area contributed by atoms with Crippen LogP contribution in [0.3, 0.4) is 0 Å². The van der Waals surface area contributed by atoms with Crippen LogP contribution in [0.2, 0.25) is 0 Å². The van der Waals surface area contributed by atoms with Crippen molar-refractivity contribution in [3.8, 4) is 5.75 Å². The van der Waals surface area contributed by atoms with Gasteiger partial charge in [-0.05, 0) is 54.9 Å². The zero-order chi connectivity index (χ0) is 18.1. The van der Waals surface area contributed by atoms with Gasteiger partial charge in [-0.25, -0.2) is 0 Å². The van der Waals surface area contributed by atoms with Crippen molar-refractivity contribution < 1.29 is 14.6 Å². The smallest absolute Gasteiger partial charge is 0.319 e. The molecule has 5 nitrogen and oxygen atoms in total. The predicted octanol–water partition coefficient (Wildman–Crippen LogP) is 2.96. The summed E-state index contributed by atoms with van der Waals surface area (Å²) in [5.41, 5.74) is 2.61. The number of rotatable bonds is 2. The molecule has 1 aromatic carbocycles. The number of carbonyl (C=O) groups is 1. The molecule has 1 aromatic heterocycles. The van der Waals surface area contributed by atoms with Crippen molar-refractivity contribution in [3.63, 3.8) is 0 Å². The molecule has 5 atom stereocenters. The maximum atomic E-state index is 13.3. The molecule has 4 bridgehead atoms. The maximum Gasteiger partial charge on any atom is 0.319 e. The molecular formula is C21H26N2O3. The number of hydrogen-bond donors (Lipinski definition) is 2. The van der Waals surface area contributed by atoms with E-state index < -0.39 is 5.41 Å². The number of fused-ring (bicyclic) bond motifs is 4. The van der Waals surface area contributed by atoms with Crippen LogP contribution < -0.4 is 0 Å². The summed E-state index contributed by atoms with van der Waals surface area (Å²) in [6.45, 7) is 4.30. The highest BCUT2D eigenvalue weighted by Gasteiger charge is 2.62. The second-order valence-electron chi connectivity index (χ2n) is 8.34. The van der Waals surface area contributed by atoms with Crippen LogP contribution in [0, 0.1) is 11.8 Å². The predicted molar refractivity (Wildman–Crippen MR) is 99.2 cm³/mol. The summed E-state index contributed by atoms with van der Waals surface area (Å²) < 4.78 is 5.41. The van der Waals surface area contributed by atoms with Gasteiger partial charge in [0.25, 0.3) is 0 Å². The van der Waals surface area contributed by atoms with E-state index in [-0.39, 0.29) is 17.8 Å². The minimum Gasteiger partial charge on any atom is -0.508 e. The number of esters is 1. The molecule has 2 aromatic rings. The molecule has 3 fully saturated rings. The lowest BCUT2D eigenvalue weighted by Crippen LogP contribution is -2.67. The van der Waals surface area contributed by atoms with Gasteiger partial charge in [-0.3, -0.25) is 9.69 Å². The number of nitrogens with one attached hydrogen (secondary N) is 1. The number of piperidine rings is 2. The Hall–Kier alpha value is -2.01. The highest BCUT2D eigenvalue weighted by Crippen LogP contribution is 2.55. The van der Waals surface area contributed by atoms with Gasteiger partial charge in [0.2, 0.25) is 0 Å². The fourth-order valence-corrected chi connectivity index (χ4v) is 6.30. The van der Waals surface area contributed by atoms with Crippen molar-refractivity contribution in [2.75, 3.05) is 20.2 Å². The average molecular weight is 354 g/mol. The largest absolute Gasteiger partial charge is 0.508 e. The second kappa shape index (κ2) is 5.49. The van der Waals surface area contributed by atoms with Gasteiger partial charge in [0, 0.05) is 35.7 Å². The zero-order valence-electron chi connectivity index (χ0n) is 15.4. The van der Waals surface area contributed by atoms with E-state index in [0.29, 0.717) is 11.8 Å². The number of nitrogens with zero attached hydrogens (tertiary/aromatic N) is 1. The Morgan fingerprint density at radius 3 is 3.08 bits per heavy atom. The third-order valence-electron chi connectivity index (χ3n) is 7.14. The maximum absolute atomic E-state index is 13.3. The van der Waals surface area contributed by atoms with Gasteiger partial charge >= 0.3 is 5.97 Å². The average Bonchev–Trinajstić information content (AvgIpc) is 2.98. The minimum absolute atomic E-state index is 0.103. The van der Waals surface area contributed by atoms with Crippen molar-refractivity contribution in [1.29, 1.82) is 0 Å². The molecule has 0 radical (unpaired) electrons. The number of aromatic amines is 1. The number of aromatic hydroxyl groups is 1. The number of methoxy groups -OCH3 is 1. The summed E-state index contributed by atoms with van der Waals surface area (Å²) in [6.07, 6.45) is 4.07. The van der Waals surface area contributed by atoms with Crippen molar-refractivity contribution in [2.24, 2.45) is 11.8 Å². The molecular weight excluding hydrogens is 328 g/mol. The lowest BCUT2D eigenvalue weighted by molar-refractivity contribution is -0.162. The molecule has 26 heavy (non-hydrogen) atoms. The van der Waals surface area contributed by atoms with E-state index in [1.807, 2.05) is 12.1 Å². The van der Waals surface area contributed by atoms with Gasteiger partial charge in [0.1, 0.15) is 11.2 Å². The molecule has 6 rings (SSSR count). The quantitative estimate of drug-likeness (QED) is 0.814. The molecule has 1 aliphatic carbocycles. The Labute approximate surface area is 153 Å². The number of hydrogen-bond acceptors (Lipinski definition) is 4. The molecule has 138 valence electrons. The number of carbonyl (C=O) groups excluding carboxylic acids is 1. The van der Waals surface area contributed by atoms with Crippen LogP contribution in [0.1, 0.15) is 37.4 Å². The Morgan fingerprint density at radius 1 is 1.46 bits per heavy atom. The molecule has 4 aliphatic rings. The van der Waals surface area contributed by atoms with E-state index in [9.17, 15) is 9.90 Å². The van der Waals surface area contributed by atoms with Gasteiger partial charge in [-0.2, -0.15) is 0 Å². The van der Waals surface area contributed by atoms with Crippen LogP contribution in [0.5, 0.6) is 5.75 Å². The van der Waals surface area contributed by atoms with E-state index in [1.165, 1.54) is 19.1 Å². The molecule has 0 spiro atoms. The highest BCUT2D eigenvalue weighted by atomic mass is 16.5. The minimum atomic E-state index is -0.614. The van der Waals surface area contributed by atoms with E-state index in [4.69, 9.17) is 4.74 Å². The van der Waals surface area contributed by atoms with Crippen LogP contribution in [-0.2, 0) is 21.4 Å². The molecule has 2 saturated heterocycles. The molecule has 2 N–H and O–H groups in total. The SMILES string of the molecule is CC[C@H]1C[C@H]2C[N@]3CCc4c([nH]c5ccc(O)cc45)[C@](C(=O)OC)(C2)[C@H]13. The zero-order valence-corrected chi connectivity index (χ0v) is 15.4. The Bertz CT molecular complexity index is 889. The first kappa shape index (κ1) is 16.2. The van der Waals surface area contributed by atoms with Gasteiger partial charge in [-0.15, -0.1) is 0 Å². The van der Waals surface area contributed by atoms with Crippen molar-refractivity contribution >= 4 is 16.9 Å². The van der Waals surface area contributed by atoms with Crippen molar-refractivity contribution in [3.05, 3.63) is 29.5 Å². The standard InChI is InChI=1S/C21H26N2O3/c1-3-13-8-12-10-21(20(25)26-2)18-15(6-7-23(11-12)19(13)21)16-9-14(24)4-5-17(16)22-18/h4-5,9,12-13,19,22,24H,3,6-8,10-11H2,1-2H3/t12-,13+,19+,21-/m1/s1. The van der Waals surface area contributed by atoms with Gasteiger partial charge in [0.05, 0.1) is 7.11 Å². The fraction of sp³-hybridized carbons (Fsp3) is 0.571. The summed E-state index contributed by atoms with van der Waals surface area (Å²) in [4.78, 5) is 19.4. The monoisotopic (exact) mass is 354 g/mol. The topological polar surface area (TPSA) is 65.6 Å². The third kappa shape index (κ3) is 1.92. The molecule has 0 amide bonds. The first-order valence-corrected chi connectivity index (χ1v) is 9.75. The van der Waals surface area contributed by atoms with Crippen molar-refractivity contribution in [2.45, 2.75) is 44.1 Å². The lowest BCUT2D eigenvalue weighted by Gasteiger charge is -2.57. The van der Waals surface area contributed by atoms with E-state index >= 15 is 0 Å². The summed E-state index contributed by atoms with van der Waals surface area (Å²) in [5, 5.41) is 11.0. The van der Waals surface area contributed by atoms with Crippen LogP contribution >= 0.6 is 0 Å². The number of benzene rings is 1. The molecule has 5 heteroatoms. The number of aromatic nitrogens is 1. The fourth-order valence-electron chi connectivity index (χ4n) is 6.30. The molecule has 4 heterocycles. The first-order chi connectivity index (χ1) is 12.6. The Balaban J connectivity index is 1.81. The van der Waals surface area contributed by atoms with E-state index in [2.05, 4.69) is 16.8 Å². The Kier molecular flexibility index (Phi) is 3.42. The summed E-state index contributed by atoms with van der Waals surface area (Å²) in [6, 6.07) is 5.65. The number of H-pyrrole nitrogens is 1. The summed E-state index contributed by atoms with van der Waals surface area (Å²) >= 11 is 0. The Morgan fingerprint density at radius 2 is 2.31 bits per heavy atom. The molecule has 3 aliphatic heterocycles. The van der Waals surface area contributed by atoms with Gasteiger partial charge < -0.3 is 14.8 Å². The summed E-state index contributed by atoms with van der Waals surface area (Å²) in [7, 11) is 1.52. The number of phenolic OH excluding ortho intramolecular Hbond substituents is 1. The third-order valence-corrected chi connectivity index (χ3v) is 7.14. The van der Waals surface area contributed by atoms with E-state index in [1.54, 1.807) is 6.07 Å². The first-order valence-electron chi connectivity index (χ1n) is 9.75. The second-order valence-corrected chi connectivity index (χ2v) is 8.34.